The molecule has 2 N–H and O–H groups in total. The first-order valence-electron chi connectivity index (χ1n) is 5.59. The minimum Gasteiger partial charge on any atom is -0.338 e. The predicted molar refractivity (Wildman–Crippen MR) is 61.8 cm³/mol. The van der Waals surface area contributed by atoms with Crippen LogP contribution in [0.3, 0.4) is 0 Å². The molecule has 3 nitrogen and oxygen atoms in total. The van der Waals surface area contributed by atoms with E-state index < -0.39 is 11.6 Å². The monoisotopic (exact) mass is 242 g/mol. The predicted octanol–water partition coefficient (Wildman–Crippen LogP) is 2.22. The number of urea groups is 1. The van der Waals surface area contributed by atoms with Crippen molar-refractivity contribution >= 4 is 6.03 Å². The van der Waals surface area contributed by atoms with Crippen molar-refractivity contribution in [2.45, 2.75) is 19.8 Å². The summed E-state index contributed by atoms with van der Waals surface area (Å²) in [5, 5.41) is 5.20. The van der Waals surface area contributed by atoms with E-state index in [1.165, 1.54) is 0 Å². The number of nitrogens with one attached hydrogen (secondary N) is 2. The summed E-state index contributed by atoms with van der Waals surface area (Å²) in [6.07, 6.45) is 1.12. The summed E-state index contributed by atoms with van der Waals surface area (Å²) in [7, 11) is 0. The first-order chi connectivity index (χ1) is 8.13. The molecule has 0 bridgehead atoms. The van der Waals surface area contributed by atoms with Crippen molar-refractivity contribution in [1.29, 1.82) is 0 Å². The molecular formula is C12H16F2N2O. The van der Waals surface area contributed by atoms with Crippen LogP contribution in [-0.4, -0.2) is 19.1 Å². The SMILES string of the molecule is CCCNC(=O)NCCc1cc(F)ccc1F. The number of benzene rings is 1. The van der Waals surface area contributed by atoms with Crippen LogP contribution in [0.2, 0.25) is 0 Å². The Morgan fingerprint density at radius 2 is 1.94 bits per heavy atom. The van der Waals surface area contributed by atoms with Crippen LogP contribution in [0.4, 0.5) is 13.6 Å². The Morgan fingerprint density at radius 1 is 1.24 bits per heavy atom. The maximum atomic E-state index is 13.2. The Labute approximate surface area is 99.2 Å². The van der Waals surface area contributed by atoms with Crippen LogP contribution in [0.5, 0.6) is 0 Å². The van der Waals surface area contributed by atoms with Gasteiger partial charge >= 0.3 is 6.03 Å². The number of hydrogen-bond acceptors (Lipinski definition) is 1. The van der Waals surface area contributed by atoms with E-state index in [9.17, 15) is 13.6 Å². The number of carbonyl (C=O) groups is 1. The van der Waals surface area contributed by atoms with Crippen molar-refractivity contribution in [3.05, 3.63) is 35.4 Å². The van der Waals surface area contributed by atoms with Crippen LogP contribution >= 0.6 is 0 Å². The summed E-state index contributed by atoms with van der Waals surface area (Å²) in [5.41, 5.74) is 0.265. The van der Waals surface area contributed by atoms with Gasteiger partial charge in [-0.25, -0.2) is 13.6 Å². The van der Waals surface area contributed by atoms with E-state index in [4.69, 9.17) is 0 Å². The van der Waals surface area contributed by atoms with Crippen molar-refractivity contribution in [3.63, 3.8) is 0 Å². The summed E-state index contributed by atoms with van der Waals surface area (Å²) < 4.78 is 26.0. The molecule has 0 aromatic heterocycles. The molecule has 0 aliphatic heterocycles. The highest BCUT2D eigenvalue weighted by atomic mass is 19.1. The van der Waals surface area contributed by atoms with Crippen molar-refractivity contribution in [3.8, 4) is 0 Å². The molecule has 0 aliphatic rings. The fraction of sp³-hybridized carbons (Fsp3) is 0.417. The molecule has 0 unspecified atom stereocenters. The van der Waals surface area contributed by atoms with Gasteiger partial charge in [0.25, 0.3) is 0 Å². The Bertz CT molecular complexity index is 383. The number of amides is 2. The molecule has 0 aliphatic carbocycles. The summed E-state index contributed by atoms with van der Waals surface area (Å²) in [5.74, 6) is -0.931. The topological polar surface area (TPSA) is 41.1 Å². The molecule has 0 spiro atoms. The highest BCUT2D eigenvalue weighted by molar-refractivity contribution is 5.73. The molecule has 1 rings (SSSR count). The van der Waals surface area contributed by atoms with Crippen molar-refractivity contribution in [1.82, 2.24) is 10.6 Å². The molecule has 2 amide bonds. The molecule has 5 heteroatoms. The third kappa shape index (κ3) is 4.80. The van der Waals surface area contributed by atoms with Crippen LogP contribution in [0.25, 0.3) is 0 Å². The van der Waals surface area contributed by atoms with Gasteiger partial charge in [-0.1, -0.05) is 6.92 Å². The average molecular weight is 242 g/mol. The van der Waals surface area contributed by atoms with Crippen LogP contribution in [0.15, 0.2) is 18.2 Å². The average Bonchev–Trinajstić information content (AvgIpc) is 2.31. The minimum absolute atomic E-state index is 0.265. The maximum absolute atomic E-state index is 13.2. The molecule has 0 heterocycles. The smallest absolute Gasteiger partial charge is 0.314 e. The van der Waals surface area contributed by atoms with E-state index in [2.05, 4.69) is 10.6 Å². The van der Waals surface area contributed by atoms with E-state index in [0.717, 1.165) is 24.6 Å². The second-order valence-corrected chi connectivity index (χ2v) is 3.67. The zero-order valence-corrected chi connectivity index (χ0v) is 9.72. The highest BCUT2D eigenvalue weighted by Gasteiger charge is 2.04. The van der Waals surface area contributed by atoms with Crippen molar-refractivity contribution in [2.75, 3.05) is 13.1 Å². The lowest BCUT2D eigenvalue weighted by molar-refractivity contribution is 0.241. The van der Waals surface area contributed by atoms with Crippen LogP contribution in [0.1, 0.15) is 18.9 Å². The standard InChI is InChI=1S/C12H16F2N2O/c1-2-6-15-12(17)16-7-5-9-8-10(13)3-4-11(9)14/h3-4,8H,2,5-7H2,1H3,(H2,15,16,17). The number of halogens is 2. The second kappa shape index (κ2) is 6.83. The number of rotatable bonds is 5. The molecule has 0 saturated heterocycles. The largest absolute Gasteiger partial charge is 0.338 e. The zero-order valence-electron chi connectivity index (χ0n) is 9.72. The fourth-order valence-corrected chi connectivity index (χ4v) is 1.35. The first kappa shape index (κ1) is 13.4. The lowest BCUT2D eigenvalue weighted by Crippen LogP contribution is -2.36. The Hall–Kier alpha value is -1.65. The molecule has 17 heavy (non-hydrogen) atoms. The summed E-state index contributed by atoms with van der Waals surface area (Å²) in [6.45, 7) is 2.82. The van der Waals surface area contributed by atoms with Gasteiger partial charge in [0.15, 0.2) is 0 Å². The molecule has 0 radical (unpaired) electrons. The van der Waals surface area contributed by atoms with Crippen LogP contribution < -0.4 is 10.6 Å². The highest BCUT2D eigenvalue weighted by Crippen LogP contribution is 2.09. The first-order valence-corrected chi connectivity index (χ1v) is 5.59. The molecule has 0 fully saturated rings. The summed E-state index contributed by atoms with van der Waals surface area (Å²) in [6, 6.07) is 3.01. The van der Waals surface area contributed by atoms with E-state index in [0.29, 0.717) is 6.54 Å². The van der Waals surface area contributed by atoms with Gasteiger partial charge in [0, 0.05) is 13.1 Å². The number of hydrogen-bond donors (Lipinski definition) is 2. The molecule has 0 atom stereocenters. The molecule has 94 valence electrons. The Morgan fingerprint density at radius 3 is 2.65 bits per heavy atom. The lowest BCUT2D eigenvalue weighted by Gasteiger charge is -2.07. The fourth-order valence-electron chi connectivity index (χ4n) is 1.35. The van der Waals surface area contributed by atoms with Gasteiger partial charge in [-0.05, 0) is 36.6 Å². The van der Waals surface area contributed by atoms with Gasteiger partial charge in [-0.3, -0.25) is 0 Å². The van der Waals surface area contributed by atoms with Crippen molar-refractivity contribution < 1.29 is 13.6 Å². The van der Waals surface area contributed by atoms with Gasteiger partial charge in [-0.2, -0.15) is 0 Å². The molecule has 1 aromatic carbocycles. The van der Waals surface area contributed by atoms with E-state index in [1.807, 2.05) is 6.92 Å². The van der Waals surface area contributed by atoms with Gasteiger partial charge in [-0.15, -0.1) is 0 Å². The van der Waals surface area contributed by atoms with Crippen LogP contribution in [-0.2, 0) is 6.42 Å². The normalized spacial score (nSPS) is 10.1. The third-order valence-corrected chi connectivity index (χ3v) is 2.22. The van der Waals surface area contributed by atoms with E-state index in [1.54, 1.807) is 0 Å². The lowest BCUT2D eigenvalue weighted by atomic mass is 10.1. The minimum atomic E-state index is -0.475. The van der Waals surface area contributed by atoms with Gasteiger partial charge < -0.3 is 10.6 Å². The van der Waals surface area contributed by atoms with Gasteiger partial charge in [0.05, 0.1) is 0 Å². The maximum Gasteiger partial charge on any atom is 0.314 e. The van der Waals surface area contributed by atoms with E-state index >= 15 is 0 Å². The van der Waals surface area contributed by atoms with Gasteiger partial charge in [0.1, 0.15) is 11.6 Å². The quantitative estimate of drug-likeness (QED) is 0.816. The second-order valence-electron chi connectivity index (χ2n) is 3.67. The molecule has 1 aromatic rings. The van der Waals surface area contributed by atoms with E-state index in [-0.39, 0.29) is 24.6 Å². The number of carbonyl (C=O) groups excluding carboxylic acids is 1. The van der Waals surface area contributed by atoms with Crippen molar-refractivity contribution in [2.24, 2.45) is 0 Å². The van der Waals surface area contributed by atoms with Crippen LogP contribution in [0, 0.1) is 11.6 Å². The van der Waals surface area contributed by atoms with Gasteiger partial charge in [0.2, 0.25) is 0 Å². The Kier molecular flexibility index (Phi) is 5.39. The zero-order chi connectivity index (χ0) is 12.7. The molecular weight excluding hydrogens is 226 g/mol. The molecule has 0 saturated carbocycles. The summed E-state index contributed by atoms with van der Waals surface area (Å²) in [4.78, 5) is 11.2. The third-order valence-electron chi connectivity index (χ3n) is 2.22. The Balaban J connectivity index is 2.35. The summed E-state index contributed by atoms with van der Waals surface area (Å²) >= 11 is 0.